The molecule has 0 atom stereocenters. The lowest BCUT2D eigenvalue weighted by atomic mass is 10.3. The van der Waals surface area contributed by atoms with Crippen LogP contribution in [0.25, 0.3) is 0 Å². The predicted octanol–water partition coefficient (Wildman–Crippen LogP) is 0.603. The number of amides is 2. The van der Waals surface area contributed by atoms with Gasteiger partial charge < -0.3 is 14.7 Å². The van der Waals surface area contributed by atoms with Crippen molar-refractivity contribution >= 4 is 33.4 Å². The molecule has 1 N–H and O–H groups in total. The highest BCUT2D eigenvalue weighted by Gasteiger charge is 2.34. The van der Waals surface area contributed by atoms with Gasteiger partial charge in [-0.25, -0.2) is 8.42 Å². The van der Waals surface area contributed by atoms with Gasteiger partial charge in [-0.1, -0.05) is 16.8 Å². The van der Waals surface area contributed by atoms with Crippen LogP contribution in [0.5, 0.6) is 0 Å². The number of rotatable bonds is 5. The zero-order valence-corrected chi connectivity index (χ0v) is 17.5. The maximum Gasteiger partial charge on any atom is 0.270 e. The Morgan fingerprint density at radius 2 is 1.93 bits per heavy atom. The first-order chi connectivity index (χ1) is 13.7. The number of piperazine rings is 1. The Bertz CT molecular complexity index is 1010. The van der Waals surface area contributed by atoms with Crippen molar-refractivity contribution in [1.29, 1.82) is 0 Å². The van der Waals surface area contributed by atoms with Gasteiger partial charge in [-0.3, -0.25) is 14.6 Å². The molecule has 0 radical (unpaired) electrons. The van der Waals surface area contributed by atoms with E-state index in [0.717, 1.165) is 0 Å². The van der Waals surface area contributed by atoms with Crippen molar-refractivity contribution in [3.8, 4) is 0 Å². The second-order valence-corrected chi connectivity index (χ2v) is 8.79. The van der Waals surface area contributed by atoms with Gasteiger partial charge in [-0.2, -0.15) is 4.31 Å². The van der Waals surface area contributed by atoms with E-state index in [1.807, 2.05) is 0 Å². The van der Waals surface area contributed by atoms with E-state index in [9.17, 15) is 18.0 Å². The van der Waals surface area contributed by atoms with Crippen molar-refractivity contribution in [3.05, 3.63) is 40.5 Å². The van der Waals surface area contributed by atoms with Crippen molar-refractivity contribution in [2.45, 2.75) is 18.7 Å². The van der Waals surface area contributed by atoms with Gasteiger partial charge in [0.15, 0.2) is 5.76 Å². The Hall–Kier alpha value is -2.50. The molecule has 1 aliphatic heterocycles. The van der Waals surface area contributed by atoms with Crippen LogP contribution in [0.3, 0.4) is 0 Å². The quantitative estimate of drug-likeness (QED) is 0.720. The summed E-state index contributed by atoms with van der Waals surface area (Å²) in [5, 5.41) is 6.56. The molecule has 2 amide bonds. The molecule has 0 bridgehead atoms. The van der Waals surface area contributed by atoms with Crippen LogP contribution in [0.2, 0.25) is 5.02 Å². The van der Waals surface area contributed by atoms with E-state index in [1.165, 1.54) is 21.5 Å². The van der Waals surface area contributed by atoms with Crippen LogP contribution >= 0.6 is 11.6 Å². The van der Waals surface area contributed by atoms with Gasteiger partial charge in [0.25, 0.3) is 5.91 Å². The van der Waals surface area contributed by atoms with Gasteiger partial charge in [0.2, 0.25) is 15.9 Å². The first-order valence-corrected chi connectivity index (χ1v) is 10.6. The van der Waals surface area contributed by atoms with Crippen molar-refractivity contribution in [3.63, 3.8) is 0 Å². The van der Waals surface area contributed by atoms with E-state index in [4.69, 9.17) is 16.1 Å². The molecule has 0 unspecified atom stereocenters. The molecule has 1 saturated heterocycles. The average Bonchev–Trinajstić information content (AvgIpc) is 3.04. The van der Waals surface area contributed by atoms with Crippen molar-refractivity contribution in [2.75, 3.05) is 32.7 Å². The number of pyridine rings is 1. The largest absolute Gasteiger partial charge is 0.360 e. The Morgan fingerprint density at radius 3 is 2.52 bits per heavy atom. The molecule has 3 heterocycles. The molecular weight excluding hydrogens is 422 g/mol. The molecule has 156 valence electrons. The molecular formula is C17H20ClN5O5S. The Morgan fingerprint density at radius 1 is 1.24 bits per heavy atom. The van der Waals surface area contributed by atoms with Crippen LogP contribution in [0.4, 0.5) is 0 Å². The normalized spacial score (nSPS) is 15.3. The molecule has 3 rings (SSSR count). The molecule has 12 heteroatoms. The van der Waals surface area contributed by atoms with Crippen LogP contribution in [0.15, 0.2) is 27.7 Å². The number of hydrogen-bond donors (Lipinski definition) is 1. The zero-order chi connectivity index (χ0) is 21.2. The second kappa shape index (κ2) is 8.47. The van der Waals surface area contributed by atoms with E-state index in [0.29, 0.717) is 10.7 Å². The lowest BCUT2D eigenvalue weighted by molar-refractivity contribution is -0.131. The van der Waals surface area contributed by atoms with Gasteiger partial charge in [-0.15, -0.1) is 0 Å². The molecule has 0 aromatic carbocycles. The highest BCUT2D eigenvalue weighted by molar-refractivity contribution is 7.89. The van der Waals surface area contributed by atoms with Gasteiger partial charge in [-0.05, 0) is 26.0 Å². The summed E-state index contributed by atoms with van der Waals surface area (Å²) < 4.78 is 31.9. The minimum absolute atomic E-state index is 0.0681. The fourth-order valence-electron chi connectivity index (χ4n) is 3.04. The molecule has 1 fully saturated rings. The molecule has 10 nitrogen and oxygen atoms in total. The topological polar surface area (TPSA) is 126 Å². The Kier molecular flexibility index (Phi) is 6.20. The minimum atomic E-state index is -3.75. The van der Waals surface area contributed by atoms with E-state index in [1.54, 1.807) is 19.9 Å². The van der Waals surface area contributed by atoms with Gasteiger partial charge in [0.1, 0.15) is 16.3 Å². The fourth-order valence-corrected chi connectivity index (χ4v) is 4.91. The lowest BCUT2D eigenvalue weighted by Gasteiger charge is -2.34. The van der Waals surface area contributed by atoms with Crippen molar-refractivity contribution in [1.82, 2.24) is 24.7 Å². The van der Waals surface area contributed by atoms with E-state index >= 15 is 0 Å². The minimum Gasteiger partial charge on any atom is -0.360 e. The van der Waals surface area contributed by atoms with E-state index in [-0.39, 0.29) is 55.0 Å². The number of carbonyl (C=O) groups excluding carboxylic acids is 2. The lowest BCUT2D eigenvalue weighted by Crippen LogP contribution is -2.52. The third-order valence-electron chi connectivity index (χ3n) is 4.51. The number of aromatic nitrogens is 2. The Labute approximate surface area is 172 Å². The fraction of sp³-hybridized carbons (Fsp3) is 0.412. The number of sulfonamides is 1. The third kappa shape index (κ3) is 4.57. The van der Waals surface area contributed by atoms with Gasteiger partial charge in [0.05, 0.1) is 6.54 Å². The third-order valence-corrected chi connectivity index (χ3v) is 6.89. The number of halogens is 1. The highest BCUT2D eigenvalue weighted by Crippen LogP contribution is 2.24. The van der Waals surface area contributed by atoms with Crippen LogP contribution < -0.4 is 5.32 Å². The number of aryl methyl sites for hydroxylation is 2. The van der Waals surface area contributed by atoms with E-state index < -0.39 is 15.9 Å². The van der Waals surface area contributed by atoms with Crippen LogP contribution in [-0.4, -0.2) is 72.3 Å². The smallest absolute Gasteiger partial charge is 0.270 e. The Balaban J connectivity index is 1.55. The molecule has 0 spiro atoms. The maximum atomic E-state index is 12.8. The molecule has 1 aliphatic rings. The molecule has 2 aromatic heterocycles. The highest BCUT2D eigenvalue weighted by atomic mass is 35.5. The summed E-state index contributed by atoms with van der Waals surface area (Å²) in [6, 6.07) is 2.94. The summed E-state index contributed by atoms with van der Waals surface area (Å²) >= 11 is 5.82. The molecule has 2 aromatic rings. The van der Waals surface area contributed by atoms with Crippen molar-refractivity contribution < 1.29 is 22.5 Å². The number of nitrogens with one attached hydrogen (secondary N) is 1. The van der Waals surface area contributed by atoms with Crippen molar-refractivity contribution in [2.24, 2.45) is 0 Å². The summed E-state index contributed by atoms with van der Waals surface area (Å²) in [5.74, 6) is -0.589. The summed E-state index contributed by atoms with van der Waals surface area (Å²) in [6.07, 6.45) is 1.40. The van der Waals surface area contributed by atoms with Crippen LogP contribution in [0, 0.1) is 13.8 Å². The first kappa shape index (κ1) is 21.2. The molecule has 0 saturated carbocycles. The van der Waals surface area contributed by atoms with Gasteiger partial charge >= 0.3 is 0 Å². The van der Waals surface area contributed by atoms with Crippen LogP contribution in [0.1, 0.15) is 21.9 Å². The zero-order valence-electron chi connectivity index (χ0n) is 15.9. The summed E-state index contributed by atoms with van der Waals surface area (Å²) in [7, 11) is -3.75. The SMILES string of the molecule is Cc1noc(C)c1S(=O)(=O)N1CCN(C(=O)CNC(=O)c2cc(Cl)ccn2)CC1. The monoisotopic (exact) mass is 441 g/mol. The standard InChI is InChI=1S/C17H20ClN5O5S/c1-11-16(12(2)28-21-11)29(26,27)23-7-5-22(6-8-23)15(24)10-20-17(25)14-9-13(18)3-4-19-14/h3-4,9H,5-8,10H2,1-2H3,(H,20,25). The number of hydrogen-bond acceptors (Lipinski definition) is 7. The first-order valence-electron chi connectivity index (χ1n) is 8.80. The number of nitrogens with zero attached hydrogens (tertiary/aromatic N) is 4. The van der Waals surface area contributed by atoms with Gasteiger partial charge in [0, 0.05) is 37.4 Å². The van der Waals surface area contributed by atoms with Crippen LogP contribution in [-0.2, 0) is 14.8 Å². The summed E-state index contributed by atoms with van der Waals surface area (Å²) in [4.78, 5) is 29.9. The summed E-state index contributed by atoms with van der Waals surface area (Å²) in [6.45, 7) is 3.61. The maximum absolute atomic E-state index is 12.8. The molecule has 29 heavy (non-hydrogen) atoms. The predicted molar refractivity (Wildman–Crippen MR) is 103 cm³/mol. The van der Waals surface area contributed by atoms with E-state index in [2.05, 4.69) is 15.5 Å². The number of carbonyl (C=O) groups is 2. The summed E-state index contributed by atoms with van der Waals surface area (Å²) in [5.41, 5.74) is 0.416. The second-order valence-electron chi connectivity index (χ2n) is 6.48. The molecule has 0 aliphatic carbocycles. The average molecular weight is 442 g/mol.